The third-order valence-electron chi connectivity index (χ3n) is 5.27. The molecule has 8 nitrogen and oxygen atoms in total. The third-order valence-corrected chi connectivity index (χ3v) is 6.01. The molecule has 2 aromatic heterocycles. The number of aromatic nitrogens is 4. The van der Waals surface area contributed by atoms with Crippen molar-refractivity contribution in [2.45, 2.75) is 57.1 Å². The standard InChI is InChI=1S/C23H29N5O3S/c1-15-25-20-19(21(26-15)30-17-6-8-18(32-5)9-7-17)14-24-28(20)16-10-12-27(13-11-16)22(29)31-23(2,3)4/h6-9,14,16H,10-13H2,1-5H3. The van der Waals surface area contributed by atoms with Crippen LogP contribution in [0.3, 0.4) is 0 Å². The Morgan fingerprint density at radius 2 is 1.81 bits per heavy atom. The first-order chi connectivity index (χ1) is 15.2. The van der Waals surface area contributed by atoms with E-state index in [0.29, 0.717) is 24.8 Å². The topological polar surface area (TPSA) is 82.4 Å². The summed E-state index contributed by atoms with van der Waals surface area (Å²) < 4.78 is 13.5. The molecule has 0 radical (unpaired) electrons. The SMILES string of the molecule is CSc1ccc(Oc2nc(C)nc3c2cnn3C2CCN(C(=O)OC(C)(C)C)CC2)cc1. The van der Waals surface area contributed by atoms with Gasteiger partial charge >= 0.3 is 6.09 Å². The van der Waals surface area contributed by atoms with Crippen molar-refractivity contribution < 1.29 is 14.3 Å². The van der Waals surface area contributed by atoms with E-state index in [1.807, 2.05) is 62.9 Å². The molecule has 1 saturated heterocycles. The minimum absolute atomic E-state index is 0.147. The average Bonchev–Trinajstić information content (AvgIpc) is 3.17. The van der Waals surface area contributed by atoms with E-state index >= 15 is 0 Å². The highest BCUT2D eigenvalue weighted by Crippen LogP contribution is 2.32. The van der Waals surface area contributed by atoms with Crippen LogP contribution < -0.4 is 4.74 Å². The summed E-state index contributed by atoms with van der Waals surface area (Å²) in [5.41, 5.74) is 0.260. The van der Waals surface area contributed by atoms with Gasteiger partial charge in [0.05, 0.1) is 12.2 Å². The molecule has 1 aliphatic heterocycles. The minimum atomic E-state index is -0.493. The summed E-state index contributed by atoms with van der Waals surface area (Å²) in [5.74, 6) is 1.85. The lowest BCUT2D eigenvalue weighted by atomic mass is 10.1. The number of aryl methyl sites for hydroxylation is 1. The lowest BCUT2D eigenvalue weighted by Crippen LogP contribution is -2.42. The number of likely N-dealkylation sites (tertiary alicyclic amines) is 1. The zero-order valence-corrected chi connectivity index (χ0v) is 20.0. The molecule has 9 heteroatoms. The van der Waals surface area contributed by atoms with Crippen LogP contribution in [0.4, 0.5) is 4.79 Å². The smallest absolute Gasteiger partial charge is 0.410 e. The Hall–Kier alpha value is -2.81. The number of ether oxygens (including phenoxy) is 2. The van der Waals surface area contributed by atoms with Gasteiger partial charge in [-0.25, -0.2) is 14.5 Å². The normalized spacial score (nSPS) is 15.2. The van der Waals surface area contributed by atoms with Gasteiger partial charge in [-0.05, 0) is 71.1 Å². The molecule has 32 heavy (non-hydrogen) atoms. The minimum Gasteiger partial charge on any atom is -0.444 e. The lowest BCUT2D eigenvalue weighted by Gasteiger charge is -2.33. The molecule has 0 spiro atoms. The molecule has 0 unspecified atom stereocenters. The molecule has 1 amide bonds. The summed E-state index contributed by atoms with van der Waals surface area (Å²) in [5, 5.41) is 5.39. The monoisotopic (exact) mass is 455 g/mol. The van der Waals surface area contributed by atoms with Crippen molar-refractivity contribution in [3.05, 3.63) is 36.3 Å². The van der Waals surface area contributed by atoms with Crippen molar-refractivity contribution in [1.82, 2.24) is 24.6 Å². The van der Waals surface area contributed by atoms with Crippen molar-refractivity contribution in [3.8, 4) is 11.6 Å². The molecule has 0 N–H and O–H groups in total. The number of nitrogens with zero attached hydrogens (tertiary/aromatic N) is 5. The Balaban J connectivity index is 1.52. The van der Waals surface area contributed by atoms with Crippen LogP contribution in [0.15, 0.2) is 35.4 Å². The highest BCUT2D eigenvalue weighted by atomic mass is 32.2. The fourth-order valence-electron chi connectivity index (χ4n) is 3.72. The summed E-state index contributed by atoms with van der Waals surface area (Å²) in [6.07, 6.45) is 5.11. The van der Waals surface area contributed by atoms with Gasteiger partial charge in [-0.2, -0.15) is 10.1 Å². The highest BCUT2D eigenvalue weighted by Gasteiger charge is 2.29. The van der Waals surface area contributed by atoms with E-state index in [4.69, 9.17) is 9.47 Å². The van der Waals surface area contributed by atoms with Gasteiger partial charge in [-0.1, -0.05) is 0 Å². The molecule has 1 aliphatic rings. The third kappa shape index (κ3) is 4.98. The van der Waals surface area contributed by atoms with Crippen LogP contribution in [0.5, 0.6) is 11.6 Å². The van der Waals surface area contributed by atoms with Crippen LogP contribution in [0, 0.1) is 6.92 Å². The number of fused-ring (bicyclic) bond motifs is 1. The molecule has 3 heterocycles. The van der Waals surface area contributed by atoms with E-state index in [1.54, 1.807) is 22.9 Å². The molecule has 0 atom stereocenters. The van der Waals surface area contributed by atoms with Crippen LogP contribution in [0.2, 0.25) is 0 Å². The van der Waals surface area contributed by atoms with E-state index in [2.05, 4.69) is 15.1 Å². The van der Waals surface area contributed by atoms with Gasteiger partial charge in [0.25, 0.3) is 0 Å². The second-order valence-corrected chi connectivity index (χ2v) is 9.76. The van der Waals surface area contributed by atoms with Gasteiger partial charge in [-0.3, -0.25) is 0 Å². The number of carbonyl (C=O) groups is 1. The first-order valence-corrected chi connectivity index (χ1v) is 12.0. The predicted octanol–water partition coefficient (Wildman–Crippen LogP) is 5.22. The number of piperidine rings is 1. The van der Waals surface area contributed by atoms with Crippen molar-refractivity contribution >= 4 is 28.9 Å². The summed E-state index contributed by atoms with van der Waals surface area (Å²) in [6, 6.07) is 8.06. The first-order valence-electron chi connectivity index (χ1n) is 10.8. The largest absolute Gasteiger partial charge is 0.444 e. The van der Waals surface area contributed by atoms with E-state index < -0.39 is 5.60 Å². The maximum absolute atomic E-state index is 12.4. The second-order valence-electron chi connectivity index (χ2n) is 8.88. The molecular formula is C23H29N5O3S. The summed E-state index contributed by atoms with van der Waals surface area (Å²) in [7, 11) is 0. The predicted molar refractivity (Wildman–Crippen MR) is 124 cm³/mol. The quantitative estimate of drug-likeness (QED) is 0.499. The number of carbonyl (C=O) groups excluding carboxylic acids is 1. The molecule has 1 aromatic carbocycles. The zero-order chi connectivity index (χ0) is 22.9. The number of thioether (sulfide) groups is 1. The van der Waals surface area contributed by atoms with Crippen LogP contribution in [0.1, 0.15) is 45.5 Å². The number of rotatable bonds is 4. The van der Waals surface area contributed by atoms with Gasteiger partial charge in [0.1, 0.15) is 22.6 Å². The van der Waals surface area contributed by atoms with Crippen molar-refractivity contribution in [2.24, 2.45) is 0 Å². The highest BCUT2D eigenvalue weighted by molar-refractivity contribution is 7.98. The van der Waals surface area contributed by atoms with Gasteiger partial charge in [0, 0.05) is 18.0 Å². The Morgan fingerprint density at radius 3 is 2.44 bits per heavy atom. The lowest BCUT2D eigenvalue weighted by molar-refractivity contribution is 0.0186. The van der Waals surface area contributed by atoms with Crippen LogP contribution in [-0.4, -0.2) is 55.7 Å². The number of amides is 1. The van der Waals surface area contributed by atoms with Crippen molar-refractivity contribution in [1.29, 1.82) is 0 Å². The second kappa shape index (κ2) is 8.97. The van der Waals surface area contributed by atoms with Gasteiger partial charge < -0.3 is 14.4 Å². The van der Waals surface area contributed by atoms with Crippen LogP contribution in [-0.2, 0) is 4.74 Å². The first kappa shape index (κ1) is 22.4. The maximum Gasteiger partial charge on any atom is 0.410 e. The Morgan fingerprint density at radius 1 is 1.12 bits per heavy atom. The Kier molecular flexibility index (Phi) is 6.28. The molecule has 4 rings (SSSR count). The van der Waals surface area contributed by atoms with E-state index in [0.717, 1.165) is 29.6 Å². The number of hydrogen-bond donors (Lipinski definition) is 0. The van der Waals surface area contributed by atoms with Crippen LogP contribution >= 0.6 is 11.8 Å². The molecule has 1 fully saturated rings. The van der Waals surface area contributed by atoms with E-state index in [-0.39, 0.29) is 12.1 Å². The van der Waals surface area contributed by atoms with Gasteiger partial charge in [0.15, 0.2) is 5.65 Å². The van der Waals surface area contributed by atoms with E-state index in [9.17, 15) is 4.79 Å². The fourth-order valence-corrected chi connectivity index (χ4v) is 4.13. The molecule has 0 saturated carbocycles. The molecular weight excluding hydrogens is 426 g/mol. The van der Waals surface area contributed by atoms with Gasteiger partial charge in [0.2, 0.25) is 5.88 Å². The van der Waals surface area contributed by atoms with Gasteiger partial charge in [-0.15, -0.1) is 11.8 Å². The Labute approximate surface area is 192 Å². The molecule has 170 valence electrons. The molecule has 0 aliphatic carbocycles. The van der Waals surface area contributed by atoms with Crippen LogP contribution in [0.25, 0.3) is 11.0 Å². The van der Waals surface area contributed by atoms with E-state index in [1.165, 1.54) is 4.90 Å². The number of benzene rings is 1. The summed E-state index contributed by atoms with van der Waals surface area (Å²) in [4.78, 5) is 24.5. The molecule has 3 aromatic rings. The zero-order valence-electron chi connectivity index (χ0n) is 19.2. The summed E-state index contributed by atoms with van der Waals surface area (Å²) in [6.45, 7) is 8.74. The summed E-state index contributed by atoms with van der Waals surface area (Å²) >= 11 is 1.69. The van der Waals surface area contributed by atoms with Crippen molar-refractivity contribution in [2.75, 3.05) is 19.3 Å². The van der Waals surface area contributed by atoms with Crippen molar-refractivity contribution in [3.63, 3.8) is 0 Å². The fraction of sp³-hybridized carbons (Fsp3) is 0.478. The Bertz CT molecular complexity index is 1100. The number of hydrogen-bond acceptors (Lipinski definition) is 7. The average molecular weight is 456 g/mol. The maximum atomic E-state index is 12.4. The molecule has 0 bridgehead atoms.